The Bertz CT molecular complexity index is 2440. The average molecular weight is 899 g/mol. The Morgan fingerprint density at radius 3 is 2.31 bits per heavy atom. The number of hydrogen-bond donors (Lipinski definition) is 10. The van der Waals surface area contributed by atoms with Crippen molar-refractivity contribution in [3.63, 3.8) is 0 Å². The van der Waals surface area contributed by atoms with Crippen LogP contribution in [0.25, 0.3) is 0 Å². The van der Waals surface area contributed by atoms with E-state index in [1.54, 1.807) is 0 Å². The molecule has 0 spiro atoms. The molecule has 23 heteroatoms. The third kappa shape index (κ3) is 7.90. The van der Waals surface area contributed by atoms with Gasteiger partial charge >= 0.3 is 12.1 Å². The number of nitrogens with zero attached hydrogens (tertiary/aromatic N) is 1. The van der Waals surface area contributed by atoms with Crippen LogP contribution in [0.2, 0.25) is 0 Å². The van der Waals surface area contributed by atoms with Crippen LogP contribution in [-0.2, 0) is 41.6 Å². The van der Waals surface area contributed by atoms with Gasteiger partial charge in [-0.3, -0.25) is 24.5 Å². The molecular formula is C41H42N2O21. The quantitative estimate of drug-likeness (QED) is 0.0514. The highest BCUT2D eigenvalue weighted by Crippen LogP contribution is 2.52. The second-order valence-electron chi connectivity index (χ2n) is 15.8. The SMILES string of the molecule is COc1cccc2c1C(=O)c1c(O)c3c(c(O)c1C2=O)C[C@@](O)(C(=O)CO)C[C@@H]3O[C@H]1C[C@H](NC(=O)OCc2ccc([C@@H]3O[C@H](C(=O)O)[C@@H](O)[C@H](O)[C@H]3O)c([N+](=O)[O-])c2)[C@H](O)[C@H](C)O1. The first kappa shape index (κ1) is 45.9. The standard InChI is InChI=1S/C41H42N2O21/c1-14-29(46)19(42-40(56)61-13-15-6-7-16(20(8-15)43(58)59)37-35(52)34(51)36(53)38(64-37)39(54)55)9-24(62-14)63-22-11-41(57,23(45)12-44)10-18-26(22)33(50)28-27(31(18)48)30(47)17-4-3-5-21(60-2)25(17)32(28)49/h3-8,14,19,22,24,29,34-38,44,46,48,50-53,57H,9-13H2,1-2H3,(H,42,56)(H,54,55)/t14-,19-,22-,24-,29+,34+,35+,36-,37-,38-,41-/m0/s1. The number of phenols is 2. The van der Waals surface area contributed by atoms with Crippen LogP contribution in [-0.4, -0.2) is 149 Å². The van der Waals surface area contributed by atoms with Crippen LogP contribution in [0.3, 0.4) is 0 Å². The molecule has 342 valence electrons. The lowest BCUT2D eigenvalue weighted by Gasteiger charge is -2.42. The molecule has 0 saturated carbocycles. The second-order valence-corrected chi connectivity index (χ2v) is 15.8. The minimum absolute atomic E-state index is 0.000226. The summed E-state index contributed by atoms with van der Waals surface area (Å²) in [5, 5.41) is 110. The number of carbonyl (C=O) groups excluding carboxylic acids is 4. The minimum Gasteiger partial charge on any atom is -0.507 e. The van der Waals surface area contributed by atoms with E-state index in [1.807, 2.05) is 0 Å². The fourth-order valence-corrected chi connectivity index (χ4v) is 8.62. The van der Waals surface area contributed by atoms with Gasteiger partial charge in [-0.15, -0.1) is 0 Å². The van der Waals surface area contributed by atoms with E-state index in [-0.39, 0.29) is 45.6 Å². The molecule has 4 aliphatic rings. The van der Waals surface area contributed by atoms with Gasteiger partial charge in [0.15, 0.2) is 24.0 Å². The molecular weight excluding hydrogens is 856 g/mol. The molecule has 3 aromatic rings. The number of nitrogens with one attached hydrogen (secondary N) is 1. The number of amides is 1. The number of aliphatic hydroxyl groups excluding tert-OH is 5. The van der Waals surface area contributed by atoms with E-state index in [0.29, 0.717) is 0 Å². The number of alkyl carbamates (subject to hydrolysis) is 1. The smallest absolute Gasteiger partial charge is 0.407 e. The number of rotatable bonds is 11. The number of benzene rings is 3. The lowest BCUT2D eigenvalue weighted by molar-refractivity contribution is -0.387. The van der Waals surface area contributed by atoms with Crippen molar-refractivity contribution < 1.29 is 98.5 Å². The van der Waals surface area contributed by atoms with Crippen molar-refractivity contribution in [3.8, 4) is 17.2 Å². The van der Waals surface area contributed by atoms with E-state index in [9.17, 15) is 80.0 Å². The highest BCUT2D eigenvalue weighted by Gasteiger charge is 2.51. The molecule has 11 atom stereocenters. The Labute approximate surface area is 360 Å². The molecule has 3 aromatic carbocycles. The molecule has 23 nitrogen and oxygen atoms in total. The number of fused-ring (bicyclic) bond motifs is 3. The number of hydrogen-bond acceptors (Lipinski definition) is 20. The number of ether oxygens (including phenoxy) is 5. The van der Waals surface area contributed by atoms with Gasteiger partial charge in [0.05, 0.1) is 52.5 Å². The molecule has 0 aromatic heterocycles. The Morgan fingerprint density at radius 1 is 0.953 bits per heavy atom. The molecule has 2 fully saturated rings. The van der Waals surface area contributed by atoms with Gasteiger partial charge in [0.1, 0.15) is 66.6 Å². The van der Waals surface area contributed by atoms with E-state index in [4.69, 9.17) is 23.7 Å². The summed E-state index contributed by atoms with van der Waals surface area (Å²) < 4.78 is 27.8. The Kier molecular flexibility index (Phi) is 12.5. The van der Waals surface area contributed by atoms with E-state index in [2.05, 4.69) is 5.32 Å². The monoisotopic (exact) mass is 898 g/mol. The summed E-state index contributed by atoms with van der Waals surface area (Å²) in [6, 6.07) is 6.19. The number of carboxylic acid groups (broad SMARTS) is 1. The number of Topliss-reactive ketones (excluding diaryl/α,β-unsaturated/α-hetero) is 1. The number of aliphatic hydroxyl groups is 6. The van der Waals surface area contributed by atoms with Gasteiger partial charge in [-0.1, -0.05) is 18.2 Å². The molecule has 7 rings (SSSR count). The van der Waals surface area contributed by atoms with Crippen molar-refractivity contribution in [2.45, 2.75) is 99.6 Å². The van der Waals surface area contributed by atoms with Crippen molar-refractivity contribution >= 4 is 35.1 Å². The number of methoxy groups -OCH3 is 1. The second kappa shape index (κ2) is 17.4. The number of nitro groups is 1. The maximum absolute atomic E-state index is 14.0. The molecule has 2 heterocycles. The fraction of sp³-hybridized carbons (Fsp3) is 0.439. The first-order valence-electron chi connectivity index (χ1n) is 19.6. The predicted octanol–water partition coefficient (Wildman–Crippen LogP) is -0.516. The van der Waals surface area contributed by atoms with Gasteiger partial charge in [0.2, 0.25) is 5.78 Å². The van der Waals surface area contributed by atoms with Crippen molar-refractivity contribution in [3.05, 3.63) is 91.0 Å². The number of nitro benzene ring substituents is 1. The summed E-state index contributed by atoms with van der Waals surface area (Å²) in [6.07, 6.45) is -18.3. The van der Waals surface area contributed by atoms with Crippen molar-refractivity contribution in [2.24, 2.45) is 0 Å². The van der Waals surface area contributed by atoms with E-state index < -0.39 is 155 Å². The molecule has 0 bridgehead atoms. The lowest BCUT2D eigenvalue weighted by Crippen LogP contribution is -2.56. The van der Waals surface area contributed by atoms with Gasteiger partial charge in [-0.05, 0) is 24.6 Å². The van der Waals surface area contributed by atoms with Gasteiger partial charge < -0.3 is 75.0 Å². The predicted molar refractivity (Wildman–Crippen MR) is 207 cm³/mol. The zero-order valence-electron chi connectivity index (χ0n) is 33.6. The molecule has 2 aliphatic carbocycles. The van der Waals surface area contributed by atoms with Crippen molar-refractivity contribution in [1.82, 2.24) is 5.32 Å². The van der Waals surface area contributed by atoms with Crippen LogP contribution in [0.4, 0.5) is 10.5 Å². The van der Waals surface area contributed by atoms with Crippen LogP contribution < -0.4 is 10.1 Å². The summed E-state index contributed by atoms with van der Waals surface area (Å²) >= 11 is 0. The summed E-state index contributed by atoms with van der Waals surface area (Å²) in [4.78, 5) is 76.5. The Morgan fingerprint density at radius 2 is 1.66 bits per heavy atom. The molecule has 0 radical (unpaired) electrons. The molecule has 64 heavy (non-hydrogen) atoms. The number of aromatic hydroxyl groups is 2. The molecule has 1 amide bonds. The summed E-state index contributed by atoms with van der Waals surface area (Å²) in [6.45, 7) is -0.368. The fourth-order valence-electron chi connectivity index (χ4n) is 8.62. The summed E-state index contributed by atoms with van der Waals surface area (Å²) in [7, 11) is 1.26. The van der Waals surface area contributed by atoms with E-state index >= 15 is 0 Å². The largest absolute Gasteiger partial charge is 0.507 e. The topological polar surface area (TPSA) is 369 Å². The van der Waals surface area contributed by atoms with Gasteiger partial charge in [0, 0.05) is 42.0 Å². The number of aliphatic carboxylic acids is 1. The summed E-state index contributed by atoms with van der Waals surface area (Å²) in [5.74, 6) is -6.24. The maximum Gasteiger partial charge on any atom is 0.407 e. The third-order valence-corrected chi connectivity index (χ3v) is 11.9. The maximum atomic E-state index is 14.0. The number of carboxylic acids is 1. The van der Waals surface area contributed by atoms with Gasteiger partial charge in [-0.2, -0.15) is 0 Å². The number of ketones is 3. The first-order chi connectivity index (χ1) is 30.2. The zero-order chi connectivity index (χ0) is 46.7. The average Bonchev–Trinajstić information content (AvgIpc) is 3.26. The normalized spacial score (nSPS) is 29.8. The number of phenolic OH excluding ortho intramolecular Hbond substituents is 2. The molecule has 0 unspecified atom stereocenters. The third-order valence-electron chi connectivity index (χ3n) is 11.9. The van der Waals surface area contributed by atoms with Gasteiger partial charge in [0.25, 0.3) is 5.69 Å². The Balaban J connectivity index is 1.11. The number of carbonyl (C=O) groups is 5. The van der Waals surface area contributed by atoms with Crippen LogP contribution in [0.15, 0.2) is 36.4 Å². The Hall–Kier alpha value is -6.15. The highest BCUT2D eigenvalue weighted by molar-refractivity contribution is 6.31. The van der Waals surface area contributed by atoms with Crippen molar-refractivity contribution in [2.75, 3.05) is 13.7 Å². The van der Waals surface area contributed by atoms with Crippen LogP contribution >= 0.6 is 0 Å². The summed E-state index contributed by atoms with van der Waals surface area (Å²) in [5.41, 5.74) is -5.70. The van der Waals surface area contributed by atoms with Crippen LogP contribution in [0.5, 0.6) is 17.2 Å². The first-order valence-corrected chi connectivity index (χ1v) is 19.6. The zero-order valence-corrected chi connectivity index (χ0v) is 33.6. The molecule has 2 saturated heterocycles. The van der Waals surface area contributed by atoms with E-state index in [0.717, 1.165) is 12.1 Å². The van der Waals surface area contributed by atoms with E-state index in [1.165, 1.54) is 38.3 Å². The van der Waals surface area contributed by atoms with Crippen LogP contribution in [0, 0.1) is 10.1 Å². The molecule has 10 N–H and O–H groups in total. The highest BCUT2D eigenvalue weighted by atomic mass is 16.7. The molecule has 2 aliphatic heterocycles. The van der Waals surface area contributed by atoms with Crippen LogP contribution in [0.1, 0.15) is 86.1 Å². The van der Waals surface area contributed by atoms with Crippen molar-refractivity contribution in [1.29, 1.82) is 0 Å². The minimum atomic E-state index is -2.45. The van der Waals surface area contributed by atoms with Gasteiger partial charge in [-0.25, -0.2) is 9.59 Å². The lowest BCUT2D eigenvalue weighted by atomic mass is 9.72.